The minimum absolute atomic E-state index is 0.108. The Hall–Kier alpha value is -2.73. The lowest BCUT2D eigenvalue weighted by molar-refractivity contribution is -0.116. The number of anilines is 2. The van der Waals surface area contributed by atoms with Crippen LogP contribution >= 0.6 is 0 Å². The number of carbonyl (C=O) groups excluding carboxylic acids is 2. The molecule has 0 fully saturated rings. The third-order valence-electron chi connectivity index (χ3n) is 3.68. The first kappa shape index (κ1) is 18.6. The van der Waals surface area contributed by atoms with E-state index >= 15 is 0 Å². The van der Waals surface area contributed by atoms with Gasteiger partial charge in [0.2, 0.25) is 11.8 Å². The van der Waals surface area contributed by atoms with Crippen LogP contribution in [-0.2, 0) is 16.0 Å². The molecule has 5 nitrogen and oxygen atoms in total. The van der Waals surface area contributed by atoms with Gasteiger partial charge in [0.1, 0.15) is 5.82 Å². The number of hydrogen-bond acceptors (Lipinski definition) is 3. The molecular formula is C19H22FN3O2. The topological polar surface area (TPSA) is 84.2 Å². The van der Waals surface area contributed by atoms with Gasteiger partial charge in [0.15, 0.2) is 0 Å². The van der Waals surface area contributed by atoms with Crippen molar-refractivity contribution in [1.82, 2.24) is 0 Å². The van der Waals surface area contributed by atoms with Crippen LogP contribution in [0.15, 0.2) is 42.5 Å². The van der Waals surface area contributed by atoms with Gasteiger partial charge >= 0.3 is 0 Å². The average molecular weight is 343 g/mol. The summed E-state index contributed by atoms with van der Waals surface area (Å²) in [5.74, 6) is -0.656. The molecule has 0 saturated carbocycles. The second kappa shape index (κ2) is 8.94. The van der Waals surface area contributed by atoms with Gasteiger partial charge in [-0.3, -0.25) is 9.59 Å². The monoisotopic (exact) mass is 343 g/mol. The zero-order valence-electron chi connectivity index (χ0n) is 14.1. The number of nitrogens with one attached hydrogen (secondary N) is 2. The molecule has 2 amide bonds. The minimum Gasteiger partial charge on any atom is -0.330 e. The van der Waals surface area contributed by atoms with Crippen LogP contribution in [0.25, 0.3) is 0 Å². The third-order valence-corrected chi connectivity index (χ3v) is 3.68. The maximum absolute atomic E-state index is 12.9. The van der Waals surface area contributed by atoms with E-state index in [0.717, 1.165) is 11.1 Å². The van der Waals surface area contributed by atoms with E-state index in [0.29, 0.717) is 30.8 Å². The van der Waals surface area contributed by atoms with Crippen molar-refractivity contribution in [3.63, 3.8) is 0 Å². The molecule has 0 aromatic heterocycles. The Morgan fingerprint density at radius 3 is 2.44 bits per heavy atom. The fraction of sp³-hybridized carbons (Fsp3) is 0.263. The molecule has 2 aromatic carbocycles. The highest BCUT2D eigenvalue weighted by molar-refractivity contribution is 5.95. The summed E-state index contributed by atoms with van der Waals surface area (Å²) in [6, 6.07) is 11.1. The molecule has 0 aliphatic heterocycles. The van der Waals surface area contributed by atoms with Crippen molar-refractivity contribution in [3.8, 4) is 0 Å². The number of amides is 2. The predicted molar refractivity (Wildman–Crippen MR) is 96.8 cm³/mol. The summed E-state index contributed by atoms with van der Waals surface area (Å²) in [7, 11) is 0. The molecule has 0 heterocycles. The van der Waals surface area contributed by atoms with Crippen molar-refractivity contribution in [1.29, 1.82) is 0 Å². The standard InChI is InChI=1S/C19H22FN3O2/c1-13-4-9-16(12-17(13)23-18(24)3-2-10-21)22-19(25)11-14-5-7-15(20)8-6-14/h4-9,12H,2-3,10-11,21H2,1H3,(H,22,25)(H,23,24). The Labute approximate surface area is 146 Å². The van der Waals surface area contributed by atoms with Crippen molar-refractivity contribution < 1.29 is 14.0 Å². The lowest BCUT2D eigenvalue weighted by Gasteiger charge is -2.11. The fourth-order valence-corrected chi connectivity index (χ4v) is 2.30. The van der Waals surface area contributed by atoms with Gasteiger partial charge in [0.05, 0.1) is 6.42 Å². The van der Waals surface area contributed by atoms with Crippen LogP contribution < -0.4 is 16.4 Å². The molecule has 25 heavy (non-hydrogen) atoms. The van der Waals surface area contributed by atoms with Crippen molar-refractivity contribution in [2.24, 2.45) is 5.73 Å². The van der Waals surface area contributed by atoms with Crippen molar-refractivity contribution in [2.75, 3.05) is 17.2 Å². The van der Waals surface area contributed by atoms with Gasteiger partial charge in [0, 0.05) is 17.8 Å². The number of rotatable bonds is 7. The van der Waals surface area contributed by atoms with Gasteiger partial charge in [-0.2, -0.15) is 0 Å². The first-order valence-corrected chi connectivity index (χ1v) is 8.13. The maximum Gasteiger partial charge on any atom is 0.228 e. The second-order valence-electron chi connectivity index (χ2n) is 5.82. The molecule has 2 aromatic rings. The van der Waals surface area contributed by atoms with Crippen molar-refractivity contribution in [2.45, 2.75) is 26.2 Å². The lowest BCUT2D eigenvalue weighted by Crippen LogP contribution is -2.16. The Bertz CT molecular complexity index is 745. The van der Waals surface area contributed by atoms with E-state index in [-0.39, 0.29) is 24.1 Å². The number of nitrogens with two attached hydrogens (primary N) is 1. The zero-order valence-corrected chi connectivity index (χ0v) is 14.1. The number of halogens is 1. The van der Waals surface area contributed by atoms with Crippen LogP contribution in [0.2, 0.25) is 0 Å². The SMILES string of the molecule is Cc1ccc(NC(=O)Cc2ccc(F)cc2)cc1NC(=O)CCCN. The zero-order chi connectivity index (χ0) is 18.2. The summed E-state index contributed by atoms with van der Waals surface area (Å²) in [4.78, 5) is 24.0. The second-order valence-corrected chi connectivity index (χ2v) is 5.82. The van der Waals surface area contributed by atoms with E-state index in [1.165, 1.54) is 12.1 Å². The molecule has 0 atom stereocenters. The first-order chi connectivity index (χ1) is 12.0. The van der Waals surface area contributed by atoms with E-state index in [1.54, 1.807) is 24.3 Å². The van der Waals surface area contributed by atoms with Gasteiger partial charge in [-0.1, -0.05) is 18.2 Å². The van der Waals surface area contributed by atoms with E-state index < -0.39 is 0 Å². The smallest absolute Gasteiger partial charge is 0.228 e. The summed E-state index contributed by atoms with van der Waals surface area (Å²) >= 11 is 0. The molecule has 0 aliphatic carbocycles. The molecule has 0 spiro atoms. The van der Waals surface area contributed by atoms with Crippen LogP contribution in [0, 0.1) is 12.7 Å². The number of carbonyl (C=O) groups is 2. The number of aryl methyl sites for hydroxylation is 1. The summed E-state index contributed by atoms with van der Waals surface area (Å²) in [6.07, 6.45) is 1.13. The lowest BCUT2D eigenvalue weighted by atomic mass is 10.1. The van der Waals surface area contributed by atoms with Gasteiger partial charge in [-0.05, 0) is 55.3 Å². The summed E-state index contributed by atoms with van der Waals surface area (Å²) < 4.78 is 12.9. The van der Waals surface area contributed by atoms with Crippen LogP contribution in [0.1, 0.15) is 24.0 Å². The van der Waals surface area contributed by atoms with Crippen molar-refractivity contribution in [3.05, 3.63) is 59.4 Å². The Balaban J connectivity index is 1.99. The van der Waals surface area contributed by atoms with E-state index in [9.17, 15) is 14.0 Å². The molecule has 0 saturated heterocycles. The number of benzene rings is 2. The first-order valence-electron chi connectivity index (χ1n) is 8.13. The molecular weight excluding hydrogens is 321 g/mol. The molecule has 0 unspecified atom stereocenters. The largest absolute Gasteiger partial charge is 0.330 e. The third kappa shape index (κ3) is 6.00. The predicted octanol–water partition coefficient (Wildman–Crippen LogP) is 2.99. The molecule has 0 aliphatic rings. The summed E-state index contributed by atoms with van der Waals surface area (Å²) in [6.45, 7) is 2.34. The molecule has 0 bridgehead atoms. The van der Waals surface area contributed by atoms with Crippen LogP contribution in [0.4, 0.5) is 15.8 Å². The Morgan fingerprint density at radius 1 is 1.04 bits per heavy atom. The quantitative estimate of drug-likeness (QED) is 0.722. The normalized spacial score (nSPS) is 10.4. The van der Waals surface area contributed by atoms with Crippen LogP contribution in [0.3, 0.4) is 0 Å². The highest BCUT2D eigenvalue weighted by Gasteiger charge is 2.08. The van der Waals surface area contributed by atoms with E-state index in [4.69, 9.17) is 5.73 Å². The molecule has 4 N–H and O–H groups in total. The molecule has 6 heteroatoms. The highest BCUT2D eigenvalue weighted by atomic mass is 19.1. The van der Waals surface area contributed by atoms with Gasteiger partial charge in [-0.25, -0.2) is 4.39 Å². The highest BCUT2D eigenvalue weighted by Crippen LogP contribution is 2.21. The van der Waals surface area contributed by atoms with Gasteiger partial charge < -0.3 is 16.4 Å². The molecule has 132 valence electrons. The van der Waals surface area contributed by atoms with Crippen LogP contribution in [-0.4, -0.2) is 18.4 Å². The van der Waals surface area contributed by atoms with Gasteiger partial charge in [-0.15, -0.1) is 0 Å². The average Bonchev–Trinajstić information content (AvgIpc) is 2.58. The van der Waals surface area contributed by atoms with Crippen LogP contribution in [0.5, 0.6) is 0 Å². The molecule has 0 radical (unpaired) electrons. The summed E-state index contributed by atoms with van der Waals surface area (Å²) in [5, 5.41) is 5.61. The van der Waals surface area contributed by atoms with Crippen molar-refractivity contribution >= 4 is 23.2 Å². The maximum atomic E-state index is 12.9. The summed E-state index contributed by atoms with van der Waals surface area (Å²) in [5.41, 5.74) is 8.27. The fourth-order valence-electron chi connectivity index (χ4n) is 2.30. The van der Waals surface area contributed by atoms with Gasteiger partial charge in [0.25, 0.3) is 0 Å². The Morgan fingerprint density at radius 2 is 1.76 bits per heavy atom. The van der Waals surface area contributed by atoms with E-state index in [1.807, 2.05) is 13.0 Å². The Kier molecular flexibility index (Phi) is 6.65. The molecule has 2 rings (SSSR count). The number of hydrogen-bond donors (Lipinski definition) is 3. The minimum atomic E-state index is -0.335. The van der Waals surface area contributed by atoms with E-state index in [2.05, 4.69) is 10.6 Å².